The molecule has 0 radical (unpaired) electrons. The second kappa shape index (κ2) is 7.92. The molecule has 0 saturated heterocycles. The first-order valence-electron chi connectivity index (χ1n) is 9.04. The van der Waals surface area contributed by atoms with Gasteiger partial charge in [-0.15, -0.1) is 0 Å². The fourth-order valence-electron chi connectivity index (χ4n) is 3.03. The van der Waals surface area contributed by atoms with Crippen LogP contribution in [0.5, 0.6) is 0 Å². The monoisotopic (exact) mass is 372 g/mol. The summed E-state index contributed by atoms with van der Waals surface area (Å²) >= 11 is 0. The molecule has 0 aliphatic rings. The molecule has 28 heavy (non-hydrogen) atoms. The lowest BCUT2D eigenvalue weighted by atomic mass is 10.1. The molecule has 0 bridgehead atoms. The van der Waals surface area contributed by atoms with E-state index in [-0.39, 0.29) is 5.91 Å². The standard InChI is InChI=1S/C22H20N4O2/c1-16-20(25-22(28-16)17-7-3-2-4-8-17)21(27)24-13-18-9-5-6-10-19(18)14-26-12-11-23-15-26/h2-12,15H,13-14H2,1H3,(H,24,27). The lowest BCUT2D eigenvalue weighted by molar-refractivity contribution is 0.0945. The van der Waals surface area contributed by atoms with Crippen LogP contribution in [-0.4, -0.2) is 20.4 Å². The number of oxazole rings is 1. The van der Waals surface area contributed by atoms with Gasteiger partial charge in [0.25, 0.3) is 5.91 Å². The van der Waals surface area contributed by atoms with Gasteiger partial charge >= 0.3 is 0 Å². The Labute approximate surface area is 162 Å². The van der Waals surface area contributed by atoms with Crippen LogP contribution in [0.25, 0.3) is 11.5 Å². The van der Waals surface area contributed by atoms with Gasteiger partial charge in [0.2, 0.25) is 5.89 Å². The number of carbonyl (C=O) groups excluding carboxylic acids is 1. The molecule has 4 aromatic rings. The van der Waals surface area contributed by atoms with Crippen molar-refractivity contribution in [3.05, 3.63) is 95.9 Å². The van der Waals surface area contributed by atoms with Crippen molar-refractivity contribution in [3.8, 4) is 11.5 Å². The van der Waals surface area contributed by atoms with Crippen molar-refractivity contribution in [2.24, 2.45) is 0 Å². The van der Waals surface area contributed by atoms with Crippen molar-refractivity contribution >= 4 is 5.91 Å². The molecule has 0 saturated carbocycles. The quantitative estimate of drug-likeness (QED) is 0.558. The third-order valence-corrected chi connectivity index (χ3v) is 4.50. The molecule has 1 amide bonds. The number of imidazole rings is 1. The molecule has 6 nitrogen and oxygen atoms in total. The molecule has 1 N–H and O–H groups in total. The third kappa shape index (κ3) is 3.86. The van der Waals surface area contributed by atoms with Crippen molar-refractivity contribution in [2.75, 3.05) is 0 Å². The van der Waals surface area contributed by atoms with Crippen molar-refractivity contribution < 1.29 is 9.21 Å². The molecular formula is C22H20N4O2. The van der Waals surface area contributed by atoms with Crippen molar-refractivity contribution in [3.63, 3.8) is 0 Å². The summed E-state index contributed by atoms with van der Waals surface area (Å²) in [5.41, 5.74) is 3.33. The Morgan fingerprint density at radius 3 is 2.57 bits per heavy atom. The van der Waals surface area contributed by atoms with Crippen molar-refractivity contribution in [1.29, 1.82) is 0 Å². The molecular weight excluding hydrogens is 352 g/mol. The maximum Gasteiger partial charge on any atom is 0.273 e. The molecule has 0 aliphatic heterocycles. The highest BCUT2D eigenvalue weighted by atomic mass is 16.4. The maximum atomic E-state index is 12.7. The number of hydrogen-bond acceptors (Lipinski definition) is 4. The van der Waals surface area contributed by atoms with Crippen molar-refractivity contribution in [2.45, 2.75) is 20.0 Å². The number of carbonyl (C=O) groups is 1. The number of nitrogens with zero attached hydrogens (tertiary/aromatic N) is 3. The van der Waals surface area contributed by atoms with Gasteiger partial charge in [-0.1, -0.05) is 42.5 Å². The fourth-order valence-corrected chi connectivity index (χ4v) is 3.03. The summed E-state index contributed by atoms with van der Waals surface area (Å²) in [6, 6.07) is 17.6. The summed E-state index contributed by atoms with van der Waals surface area (Å²) in [4.78, 5) is 21.1. The van der Waals surface area contributed by atoms with E-state index in [0.717, 1.165) is 16.7 Å². The number of aryl methyl sites for hydroxylation is 1. The van der Waals surface area contributed by atoms with Gasteiger partial charge in [0.15, 0.2) is 5.69 Å². The van der Waals surface area contributed by atoms with E-state index in [1.54, 1.807) is 19.4 Å². The second-order valence-electron chi connectivity index (χ2n) is 6.48. The molecule has 0 spiro atoms. The third-order valence-electron chi connectivity index (χ3n) is 4.50. The first-order chi connectivity index (χ1) is 13.7. The minimum atomic E-state index is -0.249. The summed E-state index contributed by atoms with van der Waals surface area (Å²) in [7, 11) is 0. The average molecular weight is 372 g/mol. The Bertz CT molecular complexity index is 1070. The highest BCUT2D eigenvalue weighted by Crippen LogP contribution is 2.21. The molecule has 2 aromatic heterocycles. The Morgan fingerprint density at radius 2 is 1.82 bits per heavy atom. The van der Waals surface area contributed by atoms with Crippen LogP contribution >= 0.6 is 0 Å². The van der Waals surface area contributed by atoms with Gasteiger partial charge < -0.3 is 14.3 Å². The van der Waals surface area contributed by atoms with Gasteiger partial charge in [-0.3, -0.25) is 4.79 Å². The number of aromatic nitrogens is 3. The summed E-state index contributed by atoms with van der Waals surface area (Å²) < 4.78 is 7.68. The Hall–Kier alpha value is -3.67. The topological polar surface area (TPSA) is 73.0 Å². The predicted octanol–water partition coefficient (Wildman–Crippen LogP) is 3.82. The largest absolute Gasteiger partial charge is 0.441 e. The normalized spacial score (nSPS) is 10.8. The number of rotatable bonds is 6. The van der Waals surface area contributed by atoms with E-state index in [9.17, 15) is 4.79 Å². The van der Waals surface area contributed by atoms with Crippen molar-refractivity contribution in [1.82, 2.24) is 19.9 Å². The van der Waals surface area contributed by atoms with Crippen LogP contribution in [0.1, 0.15) is 27.4 Å². The number of benzene rings is 2. The Kier molecular flexibility index (Phi) is 5.01. The van der Waals surface area contributed by atoms with Crippen LogP contribution in [0.3, 0.4) is 0 Å². The van der Waals surface area contributed by atoms with Gasteiger partial charge in [0, 0.05) is 31.0 Å². The minimum absolute atomic E-state index is 0.249. The van der Waals surface area contributed by atoms with Gasteiger partial charge in [-0.25, -0.2) is 9.97 Å². The summed E-state index contributed by atoms with van der Waals surface area (Å²) in [5.74, 6) is 0.702. The van der Waals surface area contributed by atoms with Gasteiger partial charge in [-0.05, 0) is 30.2 Å². The molecule has 0 unspecified atom stereocenters. The van der Waals surface area contributed by atoms with Crippen LogP contribution in [0.15, 0.2) is 77.7 Å². The Balaban J connectivity index is 1.48. The summed E-state index contributed by atoms with van der Waals surface area (Å²) in [6.07, 6.45) is 5.44. The van der Waals surface area contributed by atoms with Crippen LogP contribution in [0, 0.1) is 6.92 Å². The fraction of sp³-hybridized carbons (Fsp3) is 0.136. The second-order valence-corrected chi connectivity index (χ2v) is 6.48. The molecule has 140 valence electrons. The maximum absolute atomic E-state index is 12.7. The molecule has 0 aliphatic carbocycles. The minimum Gasteiger partial charge on any atom is -0.441 e. The highest BCUT2D eigenvalue weighted by Gasteiger charge is 2.18. The average Bonchev–Trinajstić information content (AvgIpc) is 3.37. The van der Waals surface area contributed by atoms with Gasteiger partial charge in [-0.2, -0.15) is 0 Å². The van der Waals surface area contributed by atoms with E-state index in [0.29, 0.717) is 30.4 Å². The molecule has 0 atom stereocenters. The van der Waals surface area contributed by atoms with E-state index >= 15 is 0 Å². The van der Waals surface area contributed by atoms with E-state index in [1.807, 2.05) is 59.3 Å². The van der Waals surface area contributed by atoms with Crippen LogP contribution in [-0.2, 0) is 13.1 Å². The zero-order valence-electron chi connectivity index (χ0n) is 15.5. The zero-order chi connectivity index (χ0) is 19.3. The summed E-state index contributed by atoms with van der Waals surface area (Å²) in [5, 5.41) is 2.95. The molecule has 6 heteroatoms. The van der Waals surface area contributed by atoms with E-state index in [2.05, 4.69) is 21.4 Å². The van der Waals surface area contributed by atoms with Crippen LogP contribution in [0.2, 0.25) is 0 Å². The van der Waals surface area contributed by atoms with Gasteiger partial charge in [0.05, 0.1) is 6.33 Å². The van der Waals surface area contributed by atoms with Gasteiger partial charge in [0.1, 0.15) is 5.76 Å². The smallest absolute Gasteiger partial charge is 0.273 e. The first-order valence-corrected chi connectivity index (χ1v) is 9.04. The number of amides is 1. The summed E-state index contributed by atoms with van der Waals surface area (Å²) in [6.45, 7) is 2.87. The lowest BCUT2D eigenvalue weighted by Crippen LogP contribution is -2.24. The highest BCUT2D eigenvalue weighted by molar-refractivity contribution is 5.93. The predicted molar refractivity (Wildman–Crippen MR) is 106 cm³/mol. The SMILES string of the molecule is Cc1oc(-c2ccccc2)nc1C(=O)NCc1ccccc1Cn1ccnc1. The number of hydrogen-bond donors (Lipinski definition) is 1. The van der Waals surface area contributed by atoms with E-state index in [1.165, 1.54) is 0 Å². The van der Waals surface area contributed by atoms with Crippen LogP contribution < -0.4 is 5.32 Å². The zero-order valence-corrected chi connectivity index (χ0v) is 15.5. The lowest BCUT2D eigenvalue weighted by Gasteiger charge is -2.11. The number of nitrogens with one attached hydrogen (secondary N) is 1. The van der Waals surface area contributed by atoms with Crippen LogP contribution in [0.4, 0.5) is 0 Å². The molecule has 0 fully saturated rings. The van der Waals surface area contributed by atoms with E-state index in [4.69, 9.17) is 4.42 Å². The molecule has 4 rings (SSSR count). The molecule has 2 heterocycles. The Morgan fingerprint density at radius 1 is 1.07 bits per heavy atom. The molecule has 2 aromatic carbocycles. The van der Waals surface area contributed by atoms with E-state index < -0.39 is 0 Å². The first kappa shape index (κ1) is 17.7.